The lowest BCUT2D eigenvalue weighted by atomic mass is 9.70. The van der Waals surface area contributed by atoms with Gasteiger partial charge in [-0.1, -0.05) is 41.0 Å². The number of methoxy groups -OCH3 is 1. The molecule has 0 bridgehead atoms. The Kier molecular flexibility index (Phi) is 10.2. The zero-order valence-corrected chi connectivity index (χ0v) is 18.1. The number of carbonyl (C=O) groups excluding carboxylic acids is 2. The lowest BCUT2D eigenvalue weighted by Crippen LogP contribution is -2.38. The van der Waals surface area contributed by atoms with Gasteiger partial charge in [-0.15, -0.1) is 0 Å². The fraction of sp³-hybridized carbons (Fsp3) is 0.583. The predicted molar refractivity (Wildman–Crippen MR) is 114 cm³/mol. The summed E-state index contributed by atoms with van der Waals surface area (Å²) in [5.41, 5.74) is 3.03. The van der Waals surface area contributed by atoms with Crippen molar-refractivity contribution >= 4 is 11.8 Å². The molecule has 0 saturated carbocycles. The molecule has 1 aliphatic carbocycles. The first-order valence-electron chi connectivity index (χ1n) is 10.1. The molecule has 0 fully saturated rings. The van der Waals surface area contributed by atoms with E-state index in [2.05, 4.69) is 39.8 Å². The molecule has 0 radical (unpaired) electrons. The van der Waals surface area contributed by atoms with Crippen LogP contribution in [-0.4, -0.2) is 30.1 Å². The summed E-state index contributed by atoms with van der Waals surface area (Å²) in [4.78, 5) is 24.4. The van der Waals surface area contributed by atoms with E-state index in [-0.39, 0.29) is 18.6 Å². The summed E-state index contributed by atoms with van der Waals surface area (Å²) in [6, 6.07) is 0. The van der Waals surface area contributed by atoms with Crippen molar-refractivity contribution in [1.82, 2.24) is 0 Å². The van der Waals surface area contributed by atoms with Gasteiger partial charge in [0.15, 0.2) is 5.78 Å². The molecule has 0 saturated heterocycles. The average molecular weight is 389 g/mol. The molecule has 1 N–H and O–H groups in total. The van der Waals surface area contributed by atoms with E-state index in [0.717, 1.165) is 25.7 Å². The molecule has 0 aromatic rings. The summed E-state index contributed by atoms with van der Waals surface area (Å²) in [6.07, 6.45) is 13.5. The van der Waals surface area contributed by atoms with E-state index in [1.54, 1.807) is 0 Å². The number of carbonyl (C=O) groups is 2. The Bertz CT molecular complexity index is 662. The van der Waals surface area contributed by atoms with E-state index in [1.165, 1.54) is 36.0 Å². The summed E-state index contributed by atoms with van der Waals surface area (Å²) >= 11 is 0. The maximum Gasteiger partial charge on any atom is 0.306 e. The highest BCUT2D eigenvalue weighted by Crippen LogP contribution is 2.38. The first-order valence-corrected chi connectivity index (χ1v) is 10.1. The fourth-order valence-electron chi connectivity index (χ4n) is 3.42. The van der Waals surface area contributed by atoms with Gasteiger partial charge in [-0.25, -0.2) is 0 Å². The van der Waals surface area contributed by atoms with Crippen molar-refractivity contribution in [2.24, 2.45) is 5.41 Å². The fourth-order valence-corrected chi connectivity index (χ4v) is 3.42. The van der Waals surface area contributed by atoms with Gasteiger partial charge in [-0.05, 0) is 72.3 Å². The summed E-state index contributed by atoms with van der Waals surface area (Å²) in [5.74, 6) is -0.529. The zero-order valence-electron chi connectivity index (χ0n) is 18.1. The van der Waals surface area contributed by atoms with E-state index < -0.39 is 17.5 Å². The van der Waals surface area contributed by atoms with Crippen molar-refractivity contribution in [1.29, 1.82) is 0 Å². The Balaban J connectivity index is 2.68. The molecule has 0 heterocycles. The quantitative estimate of drug-likeness (QED) is 0.411. The zero-order chi connectivity index (χ0) is 21.2. The van der Waals surface area contributed by atoms with Gasteiger partial charge in [-0.2, -0.15) is 0 Å². The number of aliphatic hydroxyl groups excluding tert-OH is 1. The molecule has 2 unspecified atom stereocenters. The molecule has 4 nitrogen and oxygen atoms in total. The van der Waals surface area contributed by atoms with E-state index in [0.29, 0.717) is 6.42 Å². The van der Waals surface area contributed by atoms with Gasteiger partial charge in [-0.3, -0.25) is 9.59 Å². The summed E-state index contributed by atoms with van der Waals surface area (Å²) in [5, 5.41) is 10.00. The van der Waals surface area contributed by atoms with Crippen molar-refractivity contribution in [2.45, 2.75) is 78.7 Å². The first kappa shape index (κ1) is 24.1. The number of esters is 1. The Morgan fingerprint density at radius 3 is 2.36 bits per heavy atom. The summed E-state index contributed by atoms with van der Waals surface area (Å²) in [6.45, 7) is 8.45. The summed E-state index contributed by atoms with van der Waals surface area (Å²) in [7, 11) is 1.32. The second-order valence-electron chi connectivity index (χ2n) is 8.19. The van der Waals surface area contributed by atoms with E-state index in [9.17, 15) is 14.7 Å². The number of allylic oxidation sites excluding steroid dienone is 7. The lowest BCUT2D eigenvalue weighted by molar-refractivity contribution is -0.147. The Morgan fingerprint density at radius 1 is 1.14 bits per heavy atom. The number of aliphatic hydroxyl groups is 1. The standard InChI is InChI=1S/C24H36O4/c1-18(2)8-6-9-19(3)10-7-11-20(4)14-15-24(17-23(27)28-5)16-21(25)12-13-22(24)26/h8,10,12-14,21,25H,6-7,9,11,15-17H2,1-5H3. The minimum atomic E-state index is -0.904. The molecule has 156 valence electrons. The highest BCUT2D eigenvalue weighted by molar-refractivity contribution is 5.98. The van der Waals surface area contributed by atoms with Crippen LogP contribution in [0.2, 0.25) is 0 Å². The summed E-state index contributed by atoms with van der Waals surface area (Å²) < 4.78 is 4.78. The van der Waals surface area contributed by atoms with Crippen LogP contribution in [0.3, 0.4) is 0 Å². The predicted octanol–water partition coefficient (Wildman–Crippen LogP) is 5.24. The molecule has 28 heavy (non-hydrogen) atoms. The largest absolute Gasteiger partial charge is 0.469 e. The number of hydrogen-bond donors (Lipinski definition) is 1. The normalized spacial score (nSPS) is 22.9. The molecule has 0 aliphatic heterocycles. The van der Waals surface area contributed by atoms with Crippen LogP contribution >= 0.6 is 0 Å². The third-order valence-electron chi connectivity index (χ3n) is 5.27. The molecule has 0 spiro atoms. The molecular formula is C24H36O4. The van der Waals surface area contributed by atoms with Crippen molar-refractivity contribution in [3.05, 3.63) is 47.1 Å². The van der Waals surface area contributed by atoms with Crippen LogP contribution < -0.4 is 0 Å². The Morgan fingerprint density at radius 2 is 1.75 bits per heavy atom. The van der Waals surface area contributed by atoms with E-state index >= 15 is 0 Å². The number of ketones is 1. The van der Waals surface area contributed by atoms with Gasteiger partial charge in [0, 0.05) is 5.41 Å². The third-order valence-corrected chi connectivity index (χ3v) is 5.27. The highest BCUT2D eigenvalue weighted by atomic mass is 16.5. The number of hydrogen-bond acceptors (Lipinski definition) is 4. The molecule has 1 rings (SSSR count). The molecule has 2 atom stereocenters. The topological polar surface area (TPSA) is 63.6 Å². The maximum atomic E-state index is 12.5. The smallest absolute Gasteiger partial charge is 0.306 e. The van der Waals surface area contributed by atoms with Crippen LogP contribution in [0.25, 0.3) is 0 Å². The molecule has 0 amide bonds. The minimum Gasteiger partial charge on any atom is -0.469 e. The van der Waals surface area contributed by atoms with E-state index in [1.807, 2.05) is 6.08 Å². The van der Waals surface area contributed by atoms with Crippen LogP contribution in [-0.2, 0) is 14.3 Å². The number of ether oxygens (including phenoxy) is 1. The van der Waals surface area contributed by atoms with Crippen molar-refractivity contribution in [3.63, 3.8) is 0 Å². The van der Waals surface area contributed by atoms with Gasteiger partial charge >= 0.3 is 5.97 Å². The second-order valence-corrected chi connectivity index (χ2v) is 8.19. The molecule has 0 aromatic heterocycles. The molecule has 0 aromatic carbocycles. The Hall–Kier alpha value is -1.94. The maximum absolute atomic E-state index is 12.5. The van der Waals surface area contributed by atoms with Crippen molar-refractivity contribution < 1.29 is 19.4 Å². The van der Waals surface area contributed by atoms with Crippen molar-refractivity contribution in [3.8, 4) is 0 Å². The lowest BCUT2D eigenvalue weighted by Gasteiger charge is -2.33. The second kappa shape index (κ2) is 11.8. The first-order chi connectivity index (χ1) is 13.2. The van der Waals surface area contributed by atoms with Crippen LogP contribution in [0, 0.1) is 5.41 Å². The monoisotopic (exact) mass is 388 g/mol. The average Bonchev–Trinajstić information content (AvgIpc) is 2.63. The third kappa shape index (κ3) is 8.39. The van der Waals surface area contributed by atoms with Crippen molar-refractivity contribution in [2.75, 3.05) is 7.11 Å². The van der Waals surface area contributed by atoms with Gasteiger partial charge in [0.2, 0.25) is 0 Å². The SMILES string of the molecule is COC(=O)CC1(CC=C(C)CCC=C(C)CCC=C(C)C)CC(O)C=CC1=O. The van der Waals surface area contributed by atoms with Crippen LogP contribution in [0.15, 0.2) is 47.1 Å². The Labute approximate surface area is 170 Å². The van der Waals surface area contributed by atoms with E-state index in [4.69, 9.17) is 4.74 Å². The molecule has 1 aliphatic rings. The van der Waals surface area contributed by atoms with Gasteiger partial charge in [0.1, 0.15) is 0 Å². The minimum absolute atomic E-state index is 0.00309. The van der Waals surface area contributed by atoms with Crippen LogP contribution in [0.1, 0.15) is 72.6 Å². The molecule has 4 heteroatoms. The van der Waals surface area contributed by atoms with Gasteiger partial charge < -0.3 is 9.84 Å². The highest BCUT2D eigenvalue weighted by Gasteiger charge is 2.42. The van der Waals surface area contributed by atoms with Crippen LogP contribution in [0.5, 0.6) is 0 Å². The van der Waals surface area contributed by atoms with Gasteiger partial charge in [0.25, 0.3) is 0 Å². The van der Waals surface area contributed by atoms with Crippen LogP contribution in [0.4, 0.5) is 0 Å². The van der Waals surface area contributed by atoms with Gasteiger partial charge in [0.05, 0.1) is 19.6 Å². The molecular weight excluding hydrogens is 352 g/mol. The number of rotatable bonds is 10.